The summed E-state index contributed by atoms with van der Waals surface area (Å²) in [6, 6.07) is 8.84. The first-order chi connectivity index (χ1) is 15.3. The van der Waals surface area contributed by atoms with Gasteiger partial charge in [0.2, 0.25) is 11.8 Å². The fourth-order valence-corrected chi connectivity index (χ4v) is 4.23. The van der Waals surface area contributed by atoms with E-state index in [4.69, 9.17) is 0 Å². The lowest BCUT2D eigenvalue weighted by Crippen LogP contribution is -2.49. The summed E-state index contributed by atoms with van der Waals surface area (Å²) in [5, 5.41) is 17.2. The van der Waals surface area contributed by atoms with Crippen LogP contribution in [0.5, 0.6) is 0 Å². The Bertz CT molecular complexity index is 937. The van der Waals surface area contributed by atoms with Gasteiger partial charge in [-0.3, -0.25) is 14.5 Å². The number of carboxylic acids is 1. The van der Waals surface area contributed by atoms with Crippen molar-refractivity contribution < 1.29 is 19.5 Å². The molecule has 3 N–H and O–H groups in total. The first-order valence-corrected chi connectivity index (χ1v) is 11.6. The second-order valence-electron chi connectivity index (χ2n) is 8.30. The van der Waals surface area contributed by atoms with Crippen molar-refractivity contribution in [2.75, 3.05) is 49.5 Å². The topological polar surface area (TPSA) is 102 Å². The molecule has 1 aromatic heterocycles. The van der Waals surface area contributed by atoms with Crippen LogP contribution < -0.4 is 15.5 Å². The van der Waals surface area contributed by atoms with Crippen LogP contribution in [0.25, 0.3) is 0 Å². The highest BCUT2D eigenvalue weighted by molar-refractivity contribution is 7.10. The van der Waals surface area contributed by atoms with Crippen LogP contribution in [0.3, 0.4) is 0 Å². The molecule has 0 unspecified atom stereocenters. The molecule has 0 spiro atoms. The zero-order chi connectivity index (χ0) is 23.1. The highest BCUT2D eigenvalue weighted by Gasteiger charge is 2.21. The summed E-state index contributed by atoms with van der Waals surface area (Å²) >= 11 is 1.49. The van der Waals surface area contributed by atoms with Gasteiger partial charge in [-0.1, -0.05) is 19.9 Å². The number of aromatic carboxylic acids is 1. The molecule has 32 heavy (non-hydrogen) atoms. The van der Waals surface area contributed by atoms with E-state index in [1.54, 1.807) is 12.1 Å². The standard InChI is InChI=1S/C23H30N4O4S/c1-16(2)14-24-22(29)15-26-7-9-27(10-8-26)17-5-6-20(19(12-17)23(30)31)25-21(28)13-18-4-3-11-32-18/h3-6,11-12,16H,7-10,13-15H2,1-2H3,(H,24,29)(H,25,28)(H,30,31). The third-order valence-corrected chi connectivity index (χ3v) is 6.11. The summed E-state index contributed by atoms with van der Waals surface area (Å²) < 4.78 is 0. The molecule has 0 atom stereocenters. The number of nitrogens with one attached hydrogen (secondary N) is 2. The van der Waals surface area contributed by atoms with E-state index in [9.17, 15) is 19.5 Å². The van der Waals surface area contributed by atoms with Gasteiger partial charge in [-0.2, -0.15) is 0 Å². The lowest BCUT2D eigenvalue weighted by atomic mass is 10.1. The molecule has 0 aliphatic carbocycles. The summed E-state index contributed by atoms with van der Waals surface area (Å²) in [6.45, 7) is 7.99. The molecule has 1 aliphatic heterocycles. The van der Waals surface area contributed by atoms with E-state index in [0.717, 1.165) is 23.7 Å². The van der Waals surface area contributed by atoms with Crippen molar-refractivity contribution in [3.05, 3.63) is 46.2 Å². The number of carbonyl (C=O) groups excluding carboxylic acids is 2. The number of carboxylic acid groups (broad SMARTS) is 1. The minimum absolute atomic E-state index is 0.0305. The van der Waals surface area contributed by atoms with E-state index in [1.165, 1.54) is 11.3 Å². The van der Waals surface area contributed by atoms with Crippen LogP contribution in [0.2, 0.25) is 0 Å². The zero-order valence-electron chi connectivity index (χ0n) is 18.5. The monoisotopic (exact) mass is 458 g/mol. The average Bonchev–Trinajstić information content (AvgIpc) is 3.26. The Balaban J connectivity index is 1.58. The van der Waals surface area contributed by atoms with Crippen molar-refractivity contribution in [1.29, 1.82) is 0 Å². The fourth-order valence-electron chi connectivity index (χ4n) is 3.52. The number of carbonyl (C=O) groups is 3. The first-order valence-electron chi connectivity index (χ1n) is 10.8. The van der Waals surface area contributed by atoms with Gasteiger partial charge in [-0.05, 0) is 35.6 Å². The van der Waals surface area contributed by atoms with Crippen LogP contribution in [0, 0.1) is 5.92 Å². The Morgan fingerprint density at radius 2 is 1.84 bits per heavy atom. The van der Waals surface area contributed by atoms with Crippen LogP contribution in [0.15, 0.2) is 35.7 Å². The number of piperazine rings is 1. The van der Waals surface area contributed by atoms with E-state index in [1.807, 2.05) is 23.6 Å². The molecule has 0 bridgehead atoms. The van der Waals surface area contributed by atoms with Gasteiger partial charge >= 0.3 is 5.97 Å². The molecule has 172 valence electrons. The third kappa shape index (κ3) is 6.80. The van der Waals surface area contributed by atoms with Gasteiger partial charge in [0.15, 0.2) is 0 Å². The molecule has 9 heteroatoms. The molecule has 2 amide bonds. The molecule has 8 nitrogen and oxygen atoms in total. The lowest BCUT2D eigenvalue weighted by molar-refractivity contribution is -0.122. The molecule has 0 saturated carbocycles. The van der Waals surface area contributed by atoms with Gasteiger partial charge in [0.05, 0.1) is 24.2 Å². The summed E-state index contributed by atoms with van der Waals surface area (Å²) in [5.41, 5.74) is 1.16. The van der Waals surface area contributed by atoms with Gasteiger partial charge in [0.1, 0.15) is 0 Å². The molecule has 1 aromatic carbocycles. The average molecular weight is 459 g/mol. The van der Waals surface area contributed by atoms with Gasteiger partial charge in [0, 0.05) is 43.3 Å². The van der Waals surface area contributed by atoms with Crippen molar-refractivity contribution in [2.24, 2.45) is 5.92 Å². The molecule has 0 radical (unpaired) electrons. The minimum Gasteiger partial charge on any atom is -0.478 e. The Morgan fingerprint density at radius 1 is 1.09 bits per heavy atom. The first kappa shape index (κ1) is 23.7. The van der Waals surface area contributed by atoms with Crippen LogP contribution >= 0.6 is 11.3 Å². The summed E-state index contributed by atoms with van der Waals surface area (Å²) in [6.07, 6.45) is 0.213. The van der Waals surface area contributed by atoms with Crippen molar-refractivity contribution in [3.8, 4) is 0 Å². The predicted molar refractivity (Wildman–Crippen MR) is 127 cm³/mol. The van der Waals surface area contributed by atoms with Crippen LogP contribution in [-0.2, 0) is 16.0 Å². The van der Waals surface area contributed by atoms with Crippen LogP contribution in [0.4, 0.5) is 11.4 Å². The van der Waals surface area contributed by atoms with E-state index < -0.39 is 5.97 Å². The van der Waals surface area contributed by atoms with E-state index in [0.29, 0.717) is 37.8 Å². The van der Waals surface area contributed by atoms with Crippen LogP contribution in [-0.4, -0.2) is 67.1 Å². The van der Waals surface area contributed by atoms with E-state index in [-0.39, 0.29) is 23.8 Å². The Morgan fingerprint density at radius 3 is 2.47 bits per heavy atom. The van der Waals surface area contributed by atoms with Crippen molar-refractivity contribution >= 4 is 40.5 Å². The number of hydrogen-bond acceptors (Lipinski definition) is 6. The Kier molecular flexibility index (Phi) is 8.24. The number of rotatable bonds is 9. The molecule has 2 heterocycles. The molecule has 3 rings (SSSR count). The maximum atomic E-state index is 12.3. The van der Waals surface area contributed by atoms with Crippen molar-refractivity contribution in [1.82, 2.24) is 10.2 Å². The van der Waals surface area contributed by atoms with Gasteiger partial charge in [0.25, 0.3) is 0 Å². The predicted octanol–water partition coefficient (Wildman–Crippen LogP) is 2.52. The second-order valence-corrected chi connectivity index (χ2v) is 9.33. The van der Waals surface area contributed by atoms with Gasteiger partial charge < -0.3 is 20.6 Å². The van der Waals surface area contributed by atoms with Gasteiger partial charge in [-0.25, -0.2) is 4.79 Å². The lowest BCUT2D eigenvalue weighted by Gasteiger charge is -2.36. The smallest absolute Gasteiger partial charge is 0.337 e. The number of benzene rings is 1. The Hall–Kier alpha value is -2.91. The molecule has 2 aromatic rings. The normalized spacial score (nSPS) is 14.4. The minimum atomic E-state index is -1.08. The second kappa shape index (κ2) is 11.1. The number of nitrogens with zero attached hydrogens (tertiary/aromatic N) is 2. The number of anilines is 2. The summed E-state index contributed by atoms with van der Waals surface area (Å²) in [7, 11) is 0. The maximum absolute atomic E-state index is 12.3. The van der Waals surface area contributed by atoms with Crippen LogP contribution in [0.1, 0.15) is 29.1 Å². The molecular formula is C23H30N4O4S. The Labute approximate surface area is 192 Å². The SMILES string of the molecule is CC(C)CNC(=O)CN1CCN(c2ccc(NC(=O)Cc3cccs3)c(C(=O)O)c2)CC1. The number of hydrogen-bond donors (Lipinski definition) is 3. The zero-order valence-corrected chi connectivity index (χ0v) is 19.3. The highest BCUT2D eigenvalue weighted by Crippen LogP contribution is 2.25. The summed E-state index contributed by atoms with van der Waals surface area (Å²) in [5.74, 6) is -0.878. The largest absolute Gasteiger partial charge is 0.478 e. The highest BCUT2D eigenvalue weighted by atomic mass is 32.1. The number of thiophene rings is 1. The summed E-state index contributed by atoms with van der Waals surface area (Å²) in [4.78, 5) is 41.3. The maximum Gasteiger partial charge on any atom is 0.337 e. The molecule has 1 aliphatic rings. The molecular weight excluding hydrogens is 428 g/mol. The van der Waals surface area contributed by atoms with E-state index >= 15 is 0 Å². The quantitative estimate of drug-likeness (QED) is 0.534. The van der Waals surface area contributed by atoms with Crippen molar-refractivity contribution in [2.45, 2.75) is 20.3 Å². The molecule has 1 fully saturated rings. The number of amides is 2. The van der Waals surface area contributed by atoms with E-state index in [2.05, 4.69) is 34.3 Å². The van der Waals surface area contributed by atoms with Gasteiger partial charge in [-0.15, -0.1) is 11.3 Å². The van der Waals surface area contributed by atoms with Crippen molar-refractivity contribution in [3.63, 3.8) is 0 Å². The third-order valence-electron chi connectivity index (χ3n) is 5.23. The molecule has 1 saturated heterocycles. The fraction of sp³-hybridized carbons (Fsp3) is 0.435.